The van der Waals surface area contributed by atoms with Crippen LogP contribution in [0.4, 0.5) is 59.1 Å². The number of aromatic nitrogens is 4. The van der Waals surface area contributed by atoms with Crippen LogP contribution in [0.3, 0.4) is 0 Å². The van der Waals surface area contributed by atoms with Gasteiger partial charge in [-0.2, -0.15) is 23.3 Å². The summed E-state index contributed by atoms with van der Waals surface area (Å²) in [4.78, 5) is 66.7. The van der Waals surface area contributed by atoms with Crippen molar-refractivity contribution in [3.63, 3.8) is 0 Å². The van der Waals surface area contributed by atoms with Crippen molar-refractivity contribution in [1.82, 2.24) is 25.1 Å². The molecule has 22 heteroatoms. The molecule has 1 fully saturated rings. The maximum absolute atomic E-state index is 14.1. The third kappa shape index (κ3) is 12.1. The van der Waals surface area contributed by atoms with Gasteiger partial charge >= 0.3 is 6.18 Å². The molecule has 0 atom stereocenters. The van der Waals surface area contributed by atoms with Gasteiger partial charge in [0.1, 0.15) is 23.8 Å². The zero-order valence-corrected chi connectivity index (χ0v) is 44.0. The zero-order valence-electron chi connectivity index (χ0n) is 44.0. The van der Waals surface area contributed by atoms with E-state index in [1.807, 2.05) is 69.1 Å². The number of carbonyl (C=O) groups excluding carboxylic acids is 4. The Morgan fingerprint density at radius 2 is 1.53 bits per heavy atom. The summed E-state index contributed by atoms with van der Waals surface area (Å²) >= 11 is 0. The molecule has 1 aliphatic carbocycles. The molecule has 3 amide bonds. The van der Waals surface area contributed by atoms with E-state index in [4.69, 9.17) is 29.7 Å². The average molecular weight is 1070 g/mol. The molecule has 5 N–H and O–H groups in total. The molecule has 2 aliphatic heterocycles. The Morgan fingerprint density at radius 1 is 0.808 bits per heavy atom. The second-order valence-corrected chi connectivity index (χ2v) is 20.0. The summed E-state index contributed by atoms with van der Waals surface area (Å²) in [6.45, 7) is 9.29. The number of nitrogens with one attached hydrogen (secondary N) is 3. The molecule has 0 radical (unpaired) electrons. The van der Waals surface area contributed by atoms with Crippen LogP contribution >= 0.6 is 0 Å². The van der Waals surface area contributed by atoms with E-state index in [0.29, 0.717) is 111 Å². The van der Waals surface area contributed by atoms with E-state index in [9.17, 15) is 32.3 Å². The number of anilines is 8. The van der Waals surface area contributed by atoms with Crippen molar-refractivity contribution in [2.45, 2.75) is 52.6 Å². The number of nitrogens with zero attached hydrogens (tertiary/aromatic N) is 7. The summed E-state index contributed by atoms with van der Waals surface area (Å²) < 4.78 is 66.6. The maximum Gasteiger partial charge on any atom is 0.435 e. The van der Waals surface area contributed by atoms with Gasteiger partial charge < -0.3 is 55.3 Å². The summed E-state index contributed by atoms with van der Waals surface area (Å²) in [6, 6.07) is 24.5. The number of Topliss-reactive ketones (excluding diaryl/α,β-unsaturated/α-hetero) is 1. The molecule has 2 aromatic heterocycles. The highest BCUT2D eigenvalue weighted by Gasteiger charge is 2.45. The number of ketones is 1. The quantitative estimate of drug-likeness (QED) is 0.0526. The van der Waals surface area contributed by atoms with Crippen molar-refractivity contribution >= 4 is 69.4 Å². The van der Waals surface area contributed by atoms with Gasteiger partial charge in [-0.1, -0.05) is 26.0 Å². The summed E-state index contributed by atoms with van der Waals surface area (Å²) in [7, 11) is 3.59. The van der Waals surface area contributed by atoms with Crippen LogP contribution in [-0.2, 0) is 26.9 Å². The first-order valence-electron chi connectivity index (χ1n) is 25.8. The third-order valence-electron chi connectivity index (χ3n) is 13.8. The van der Waals surface area contributed by atoms with E-state index >= 15 is 0 Å². The minimum atomic E-state index is -4.84. The van der Waals surface area contributed by atoms with E-state index in [0.717, 1.165) is 16.1 Å². The van der Waals surface area contributed by atoms with Gasteiger partial charge in [0.05, 0.1) is 84.4 Å². The van der Waals surface area contributed by atoms with Gasteiger partial charge in [0.2, 0.25) is 11.9 Å². The number of hydrogen-bond donors (Lipinski definition) is 4. The Labute approximate surface area is 449 Å². The van der Waals surface area contributed by atoms with Gasteiger partial charge in [0, 0.05) is 63.5 Å². The first kappa shape index (κ1) is 54.5. The predicted molar refractivity (Wildman–Crippen MR) is 288 cm³/mol. The molecular weight excluding hydrogens is 1010 g/mol. The predicted octanol–water partition coefficient (Wildman–Crippen LogP) is 8.62. The number of fused-ring (bicyclic) bond motifs is 3. The normalized spacial score (nSPS) is 15.3. The van der Waals surface area contributed by atoms with Crippen LogP contribution in [0.15, 0.2) is 91.1 Å². The topological polar surface area (TPSA) is 221 Å². The van der Waals surface area contributed by atoms with Crippen LogP contribution < -0.4 is 45.9 Å². The number of primary amides is 1. The summed E-state index contributed by atoms with van der Waals surface area (Å²) in [5.41, 5.74) is 8.26. The van der Waals surface area contributed by atoms with Crippen molar-refractivity contribution in [2.24, 2.45) is 17.1 Å². The third-order valence-corrected chi connectivity index (χ3v) is 13.8. The Morgan fingerprint density at radius 3 is 2.26 bits per heavy atom. The largest absolute Gasteiger partial charge is 0.492 e. The highest BCUT2D eigenvalue weighted by atomic mass is 19.4. The Hall–Kier alpha value is -8.24. The van der Waals surface area contributed by atoms with Gasteiger partial charge in [-0.3, -0.25) is 19.2 Å². The van der Waals surface area contributed by atoms with Gasteiger partial charge in [0.25, 0.3) is 11.8 Å². The van der Waals surface area contributed by atoms with Crippen LogP contribution in [0, 0.1) is 11.3 Å². The SMILES string of the molecule is CCOc1cc(N2CCC(C(=O)NCCOCCOCCOc3ccc(Nc4cc(-n5nc(C(F)(F)F)c6c5CC(C)(C)CC6=O)ccc4C(N)=O)cc3)CC2)ccc1Nc1ncc2c(n1)N(C)c1ccccc1C(=O)N2C. The highest BCUT2D eigenvalue weighted by Crippen LogP contribution is 2.43. The first-order valence-corrected chi connectivity index (χ1v) is 25.8. The van der Waals surface area contributed by atoms with E-state index < -0.39 is 34.5 Å². The molecule has 0 bridgehead atoms. The number of halogens is 3. The van der Waals surface area contributed by atoms with Gasteiger partial charge in [-0.15, -0.1) is 0 Å². The smallest absolute Gasteiger partial charge is 0.435 e. The van der Waals surface area contributed by atoms with Gasteiger partial charge in [-0.25, -0.2) is 9.67 Å². The second-order valence-electron chi connectivity index (χ2n) is 20.0. The lowest BCUT2D eigenvalue weighted by molar-refractivity contribution is -0.141. The molecule has 0 unspecified atom stereocenters. The van der Waals surface area contributed by atoms with Crippen molar-refractivity contribution in [1.29, 1.82) is 0 Å². The number of para-hydroxylation sites is 1. The molecular formula is C56H62F3N11O8. The molecule has 0 spiro atoms. The van der Waals surface area contributed by atoms with Gasteiger partial charge in [-0.05, 0) is 98.3 Å². The number of ether oxygens (including phenoxy) is 4. The van der Waals surface area contributed by atoms with Crippen LogP contribution in [0.25, 0.3) is 5.69 Å². The second kappa shape index (κ2) is 23.2. The molecule has 9 rings (SSSR count). The van der Waals surface area contributed by atoms with Crippen LogP contribution in [-0.4, -0.2) is 117 Å². The van der Waals surface area contributed by atoms with Crippen LogP contribution in [0.1, 0.15) is 82.5 Å². The van der Waals surface area contributed by atoms with E-state index in [-0.39, 0.29) is 59.8 Å². The molecule has 1 saturated heterocycles. The van der Waals surface area contributed by atoms with E-state index in [2.05, 4.69) is 30.9 Å². The maximum atomic E-state index is 14.1. The average Bonchev–Trinajstić information content (AvgIpc) is 4.01. The summed E-state index contributed by atoms with van der Waals surface area (Å²) in [6.07, 6.45) is -1.67. The number of nitrogens with two attached hydrogens (primary N) is 1. The highest BCUT2D eigenvalue weighted by molar-refractivity contribution is 6.13. The number of amides is 3. The zero-order chi connectivity index (χ0) is 55.3. The van der Waals surface area contributed by atoms with E-state index in [1.54, 1.807) is 48.5 Å². The molecule has 3 aliphatic rings. The lowest BCUT2D eigenvalue weighted by Gasteiger charge is -2.33. The number of benzene rings is 4. The lowest BCUT2D eigenvalue weighted by Crippen LogP contribution is -2.41. The fourth-order valence-corrected chi connectivity index (χ4v) is 9.93. The minimum Gasteiger partial charge on any atom is -0.492 e. The Balaban J connectivity index is 0.675. The molecule has 78 heavy (non-hydrogen) atoms. The molecule has 4 aromatic carbocycles. The van der Waals surface area contributed by atoms with Crippen LogP contribution in [0.5, 0.6) is 11.5 Å². The van der Waals surface area contributed by atoms with Crippen molar-refractivity contribution < 1.29 is 51.3 Å². The van der Waals surface area contributed by atoms with E-state index in [1.165, 1.54) is 18.2 Å². The van der Waals surface area contributed by atoms with Crippen LogP contribution in [0.2, 0.25) is 0 Å². The molecule has 19 nitrogen and oxygen atoms in total. The van der Waals surface area contributed by atoms with Crippen molar-refractivity contribution in [3.8, 4) is 17.2 Å². The fourth-order valence-electron chi connectivity index (χ4n) is 9.93. The standard InChI is InChI=1S/C56H62F3N11O8/c1-6-77-47-30-36(14-18-41(47)64-54-62-33-45-51(65-54)67(4)43-10-8-7-9-40(43)53(74)68(45)5)69-22-19-34(20-23-69)52(73)61-21-24-75-25-26-76-27-28-78-38-15-11-35(12-16-38)63-42-29-37(13-17-39(42)50(60)72)70-44-31-55(2,3)32-46(71)48(44)49(66-70)56(57,58)59/h7-18,29-30,33-34,63H,6,19-28,31-32H2,1-5H3,(H2,60,72)(H,61,73)(H,62,64,65). The van der Waals surface area contributed by atoms with Crippen molar-refractivity contribution in [2.75, 3.05) is 98.7 Å². The summed E-state index contributed by atoms with van der Waals surface area (Å²) in [5, 5.41) is 13.3. The number of alkyl halides is 3. The van der Waals surface area contributed by atoms with Gasteiger partial charge in [0.15, 0.2) is 17.3 Å². The monoisotopic (exact) mass is 1070 g/mol. The molecule has 4 heterocycles. The number of carbonyl (C=O) groups is 4. The number of rotatable bonds is 20. The Kier molecular flexibility index (Phi) is 16.2. The fraction of sp³-hybridized carbons (Fsp3) is 0.375. The summed E-state index contributed by atoms with van der Waals surface area (Å²) in [5.74, 6) is 0.480. The minimum absolute atomic E-state index is 0.00159. The van der Waals surface area contributed by atoms with Crippen molar-refractivity contribution in [3.05, 3.63) is 119 Å². The molecule has 410 valence electrons. The number of piperidine rings is 1. The number of hydrogen-bond acceptors (Lipinski definition) is 15. The first-order chi connectivity index (χ1) is 37.4. The lowest BCUT2D eigenvalue weighted by atomic mass is 9.75. The Bertz CT molecular complexity index is 3200. The molecule has 0 saturated carbocycles. The molecule has 6 aromatic rings.